The molecule has 2 heteroatoms. The molecule has 0 amide bonds. The van der Waals surface area contributed by atoms with Crippen LogP contribution < -0.4 is 0 Å². The van der Waals surface area contributed by atoms with Crippen LogP contribution in [-0.4, -0.2) is 22.9 Å². The Morgan fingerprint density at radius 3 is 2.33 bits per heavy atom. The second-order valence-corrected chi connectivity index (χ2v) is 4.14. The second kappa shape index (κ2) is 4.24. The van der Waals surface area contributed by atoms with Gasteiger partial charge in [0.05, 0.1) is 6.10 Å². The highest BCUT2D eigenvalue weighted by Crippen LogP contribution is 2.39. The Kier molecular flexibility index (Phi) is 3.53. The molecule has 0 atom stereocenters. The third-order valence-corrected chi connectivity index (χ3v) is 3.13. The van der Waals surface area contributed by atoms with E-state index in [1.54, 1.807) is 0 Å². The number of rotatable bonds is 3. The fraction of sp³-hybridized carbons (Fsp3) is 1.00. The Morgan fingerprint density at radius 1 is 1.33 bits per heavy atom. The smallest absolute Gasteiger partial charge is 0.0540 e. The Morgan fingerprint density at radius 2 is 1.92 bits per heavy atom. The molecule has 2 nitrogen and oxygen atoms in total. The van der Waals surface area contributed by atoms with Gasteiger partial charge in [0.1, 0.15) is 0 Å². The van der Waals surface area contributed by atoms with Gasteiger partial charge in [-0.2, -0.15) is 0 Å². The SMILES string of the molecule is CCCC1(CO)CCC(O)CC1. The maximum atomic E-state index is 9.32. The van der Waals surface area contributed by atoms with Crippen LogP contribution in [0.5, 0.6) is 0 Å². The summed E-state index contributed by atoms with van der Waals surface area (Å²) in [6, 6.07) is 0. The molecule has 12 heavy (non-hydrogen) atoms. The van der Waals surface area contributed by atoms with E-state index in [-0.39, 0.29) is 11.5 Å². The summed E-state index contributed by atoms with van der Waals surface area (Å²) in [4.78, 5) is 0. The highest BCUT2D eigenvalue weighted by molar-refractivity contribution is 4.84. The first kappa shape index (κ1) is 10.0. The molecule has 0 heterocycles. The van der Waals surface area contributed by atoms with Gasteiger partial charge < -0.3 is 10.2 Å². The summed E-state index contributed by atoms with van der Waals surface area (Å²) in [7, 11) is 0. The van der Waals surface area contributed by atoms with Crippen LogP contribution in [0.15, 0.2) is 0 Å². The molecule has 2 N–H and O–H groups in total. The van der Waals surface area contributed by atoms with E-state index in [4.69, 9.17) is 0 Å². The molecule has 1 fully saturated rings. The molecule has 1 aliphatic rings. The first-order valence-electron chi connectivity index (χ1n) is 5.01. The third-order valence-electron chi connectivity index (χ3n) is 3.13. The van der Waals surface area contributed by atoms with Gasteiger partial charge in [0.25, 0.3) is 0 Å². The zero-order chi connectivity index (χ0) is 9.03. The molecule has 1 rings (SSSR count). The highest BCUT2D eigenvalue weighted by atomic mass is 16.3. The van der Waals surface area contributed by atoms with Crippen molar-refractivity contribution in [3.63, 3.8) is 0 Å². The zero-order valence-electron chi connectivity index (χ0n) is 7.92. The minimum atomic E-state index is -0.110. The van der Waals surface area contributed by atoms with Gasteiger partial charge in [-0.25, -0.2) is 0 Å². The molecule has 0 aromatic heterocycles. The molecule has 0 unspecified atom stereocenters. The lowest BCUT2D eigenvalue weighted by atomic mass is 9.71. The van der Waals surface area contributed by atoms with Crippen LogP contribution in [-0.2, 0) is 0 Å². The lowest BCUT2D eigenvalue weighted by molar-refractivity contribution is 0.0181. The van der Waals surface area contributed by atoms with Crippen molar-refractivity contribution < 1.29 is 10.2 Å². The molecule has 0 bridgehead atoms. The van der Waals surface area contributed by atoms with Crippen LogP contribution in [0.25, 0.3) is 0 Å². The van der Waals surface area contributed by atoms with E-state index >= 15 is 0 Å². The molecule has 1 aliphatic carbocycles. The van der Waals surface area contributed by atoms with E-state index in [0.29, 0.717) is 6.61 Å². The summed E-state index contributed by atoms with van der Waals surface area (Å²) < 4.78 is 0. The molecular weight excluding hydrogens is 152 g/mol. The fourth-order valence-electron chi connectivity index (χ4n) is 2.23. The van der Waals surface area contributed by atoms with Gasteiger partial charge in [0, 0.05) is 6.61 Å². The summed E-state index contributed by atoms with van der Waals surface area (Å²) in [5, 5.41) is 18.6. The fourth-order valence-corrected chi connectivity index (χ4v) is 2.23. The van der Waals surface area contributed by atoms with E-state index in [1.807, 2.05) is 0 Å². The zero-order valence-corrected chi connectivity index (χ0v) is 7.92. The molecule has 0 radical (unpaired) electrons. The molecule has 0 spiro atoms. The Labute approximate surface area is 74.6 Å². The average molecular weight is 172 g/mol. The maximum absolute atomic E-state index is 9.32. The number of aliphatic hydroxyl groups is 2. The topological polar surface area (TPSA) is 40.5 Å². The summed E-state index contributed by atoms with van der Waals surface area (Å²) in [6.07, 6.45) is 5.88. The summed E-state index contributed by atoms with van der Waals surface area (Å²) in [5.41, 5.74) is 0.147. The largest absolute Gasteiger partial charge is 0.396 e. The molecule has 0 aliphatic heterocycles. The molecule has 1 saturated carbocycles. The highest BCUT2D eigenvalue weighted by Gasteiger charge is 2.33. The molecule has 72 valence electrons. The van der Waals surface area contributed by atoms with Gasteiger partial charge in [-0.05, 0) is 37.5 Å². The van der Waals surface area contributed by atoms with E-state index in [9.17, 15) is 10.2 Å². The van der Waals surface area contributed by atoms with Crippen molar-refractivity contribution in [1.82, 2.24) is 0 Å². The average Bonchev–Trinajstić information content (AvgIpc) is 2.10. The predicted octanol–water partition coefficient (Wildman–Crippen LogP) is 1.70. The first-order chi connectivity index (χ1) is 5.72. The van der Waals surface area contributed by atoms with E-state index in [0.717, 1.165) is 38.5 Å². The van der Waals surface area contributed by atoms with Crippen molar-refractivity contribution in [3.8, 4) is 0 Å². The summed E-state index contributed by atoms with van der Waals surface area (Å²) in [6.45, 7) is 2.45. The first-order valence-corrected chi connectivity index (χ1v) is 5.01. The Bertz CT molecular complexity index is 126. The van der Waals surface area contributed by atoms with E-state index in [1.165, 1.54) is 0 Å². The standard InChI is InChI=1S/C10H20O2/c1-2-5-10(8-11)6-3-9(12)4-7-10/h9,11-12H,2-8H2,1H3. The normalized spacial score (nSPS) is 36.8. The van der Waals surface area contributed by atoms with Crippen LogP contribution in [0.3, 0.4) is 0 Å². The summed E-state index contributed by atoms with van der Waals surface area (Å²) >= 11 is 0. The number of hydrogen-bond donors (Lipinski definition) is 2. The predicted molar refractivity (Wildman–Crippen MR) is 48.9 cm³/mol. The van der Waals surface area contributed by atoms with Crippen LogP contribution in [0.4, 0.5) is 0 Å². The minimum Gasteiger partial charge on any atom is -0.396 e. The van der Waals surface area contributed by atoms with E-state index < -0.39 is 0 Å². The van der Waals surface area contributed by atoms with Gasteiger partial charge in [-0.15, -0.1) is 0 Å². The summed E-state index contributed by atoms with van der Waals surface area (Å²) in [5.74, 6) is 0. The lowest BCUT2D eigenvalue weighted by Crippen LogP contribution is -2.32. The van der Waals surface area contributed by atoms with Gasteiger partial charge in [-0.3, -0.25) is 0 Å². The molecule has 0 aromatic rings. The number of aliphatic hydroxyl groups excluding tert-OH is 2. The third kappa shape index (κ3) is 2.20. The van der Waals surface area contributed by atoms with Crippen LogP contribution in [0.2, 0.25) is 0 Å². The van der Waals surface area contributed by atoms with Gasteiger partial charge in [-0.1, -0.05) is 13.3 Å². The monoisotopic (exact) mass is 172 g/mol. The van der Waals surface area contributed by atoms with Crippen LogP contribution in [0, 0.1) is 5.41 Å². The van der Waals surface area contributed by atoms with Gasteiger partial charge >= 0.3 is 0 Å². The van der Waals surface area contributed by atoms with Crippen molar-refractivity contribution in [1.29, 1.82) is 0 Å². The minimum absolute atomic E-state index is 0.110. The molecular formula is C10H20O2. The second-order valence-electron chi connectivity index (χ2n) is 4.14. The Balaban J connectivity index is 2.45. The maximum Gasteiger partial charge on any atom is 0.0540 e. The van der Waals surface area contributed by atoms with Crippen LogP contribution in [0.1, 0.15) is 45.4 Å². The van der Waals surface area contributed by atoms with Crippen molar-refractivity contribution in [2.75, 3.05) is 6.61 Å². The van der Waals surface area contributed by atoms with Crippen molar-refractivity contribution >= 4 is 0 Å². The van der Waals surface area contributed by atoms with E-state index in [2.05, 4.69) is 6.92 Å². The van der Waals surface area contributed by atoms with Crippen molar-refractivity contribution in [2.45, 2.75) is 51.6 Å². The van der Waals surface area contributed by atoms with Gasteiger partial charge in [0.15, 0.2) is 0 Å². The Hall–Kier alpha value is -0.0800. The quantitative estimate of drug-likeness (QED) is 0.680. The number of hydrogen-bond acceptors (Lipinski definition) is 2. The van der Waals surface area contributed by atoms with Crippen LogP contribution >= 0.6 is 0 Å². The lowest BCUT2D eigenvalue weighted by Gasteiger charge is -2.37. The van der Waals surface area contributed by atoms with Gasteiger partial charge in [0.2, 0.25) is 0 Å². The molecule has 0 saturated heterocycles. The van der Waals surface area contributed by atoms with Crippen molar-refractivity contribution in [2.24, 2.45) is 5.41 Å². The molecule has 0 aromatic carbocycles. The van der Waals surface area contributed by atoms with Crippen molar-refractivity contribution in [3.05, 3.63) is 0 Å².